The Morgan fingerprint density at radius 2 is 1.48 bits per heavy atom. The van der Waals surface area contributed by atoms with Crippen molar-refractivity contribution in [1.29, 1.82) is 0 Å². The van der Waals surface area contributed by atoms with Crippen molar-refractivity contribution >= 4 is 5.91 Å². The van der Waals surface area contributed by atoms with E-state index in [9.17, 15) is 4.79 Å². The molecule has 0 radical (unpaired) electrons. The first-order valence-electron chi connectivity index (χ1n) is 8.37. The van der Waals surface area contributed by atoms with Crippen molar-refractivity contribution in [1.82, 2.24) is 5.32 Å². The molecule has 0 aromatic carbocycles. The molecule has 5 nitrogen and oxygen atoms in total. The summed E-state index contributed by atoms with van der Waals surface area (Å²) in [4.78, 5) is 11.2. The molecule has 1 aliphatic rings. The smallest absolute Gasteiger partial charge is 0.220 e. The van der Waals surface area contributed by atoms with Crippen LogP contribution >= 0.6 is 0 Å². The highest BCUT2D eigenvalue weighted by Gasteiger charge is 2.03. The number of nitrogens with one attached hydrogen (secondary N) is 1. The minimum atomic E-state index is -1.45. The van der Waals surface area contributed by atoms with Gasteiger partial charge in [-0.2, -0.15) is 0 Å². The molecular weight excluding hydrogens is 270 g/mol. The normalized spacial score (nSPS) is 12.8. The largest absolute Gasteiger partial charge is 0.377 e. The molecule has 0 aliphatic carbocycles. The Labute approximate surface area is 129 Å². The van der Waals surface area contributed by atoms with Gasteiger partial charge in [-0.15, -0.1) is 0 Å². The lowest BCUT2D eigenvalue weighted by atomic mass is 10.1. The summed E-state index contributed by atoms with van der Waals surface area (Å²) in [6, 6.07) is 0. The minimum absolute atomic E-state index is 0.0732. The van der Waals surface area contributed by atoms with E-state index in [2.05, 4.69) is 17.0 Å². The molecule has 0 spiro atoms. The molecule has 0 bridgehead atoms. The van der Waals surface area contributed by atoms with Gasteiger partial charge in [-0.25, -0.2) is 0 Å². The van der Waals surface area contributed by atoms with Gasteiger partial charge in [0, 0.05) is 6.42 Å². The third kappa shape index (κ3) is 21.8. The van der Waals surface area contributed by atoms with Gasteiger partial charge in [0.25, 0.3) is 0 Å². The zero-order valence-electron chi connectivity index (χ0n) is 13.5. The number of unbranched alkanes of at least 4 members (excludes halogenated alkanes) is 8. The summed E-state index contributed by atoms with van der Waals surface area (Å²) in [5, 5.41) is 19.6. The molecule has 0 atom stereocenters. The summed E-state index contributed by atoms with van der Waals surface area (Å²) in [5.41, 5.74) is 0. The lowest BCUT2D eigenvalue weighted by Gasteiger charge is -2.06. The average molecular weight is 303 g/mol. The zero-order valence-corrected chi connectivity index (χ0v) is 13.5. The third-order valence-corrected chi connectivity index (χ3v) is 3.19. The Morgan fingerprint density at radius 3 is 1.90 bits per heavy atom. The van der Waals surface area contributed by atoms with E-state index < -0.39 is 6.29 Å². The highest BCUT2D eigenvalue weighted by atomic mass is 16.6. The number of amides is 1. The molecule has 3 N–H and O–H groups in total. The van der Waals surface area contributed by atoms with E-state index in [1.807, 2.05) is 0 Å². The Morgan fingerprint density at radius 1 is 1.00 bits per heavy atom. The van der Waals surface area contributed by atoms with Gasteiger partial charge in [-0.1, -0.05) is 58.3 Å². The maximum Gasteiger partial charge on any atom is 0.220 e. The number of ether oxygens (including phenoxy) is 1. The van der Waals surface area contributed by atoms with E-state index >= 15 is 0 Å². The first-order valence-corrected chi connectivity index (χ1v) is 8.37. The van der Waals surface area contributed by atoms with Gasteiger partial charge in [0.2, 0.25) is 5.91 Å². The number of carbonyl (C=O) groups excluding carboxylic acids is 1. The molecule has 1 heterocycles. The van der Waals surface area contributed by atoms with E-state index in [0.29, 0.717) is 6.42 Å². The van der Waals surface area contributed by atoms with Crippen molar-refractivity contribution in [3.8, 4) is 0 Å². The quantitative estimate of drug-likeness (QED) is 0.294. The first kappa shape index (κ1) is 20.3. The molecule has 1 rings (SSSR count). The molecule has 1 fully saturated rings. The van der Waals surface area contributed by atoms with Crippen LogP contribution in [0.5, 0.6) is 0 Å². The number of aliphatic hydroxyl groups excluding tert-OH is 1. The lowest BCUT2D eigenvalue weighted by Crippen LogP contribution is -2.31. The van der Waals surface area contributed by atoms with Crippen LogP contribution in [0, 0.1) is 0 Å². The standard InChI is InChI=1S/C14H29NO3.C2H4O/c1-2-3-4-5-6-7-8-9-10-11-13(16)15-12-14(17)18;1-2-3-1/h14,17-18H,2-12H2,1H3,(H,15,16);1-2H2. The van der Waals surface area contributed by atoms with E-state index in [-0.39, 0.29) is 12.5 Å². The molecule has 5 heteroatoms. The van der Waals surface area contributed by atoms with Gasteiger partial charge in [-0.3, -0.25) is 4.79 Å². The minimum Gasteiger partial charge on any atom is -0.377 e. The number of rotatable bonds is 12. The van der Waals surface area contributed by atoms with Crippen molar-refractivity contribution in [3.05, 3.63) is 0 Å². The predicted octanol–water partition coefficient (Wildman–Crippen LogP) is 2.35. The molecule has 1 aliphatic heterocycles. The van der Waals surface area contributed by atoms with Crippen molar-refractivity contribution in [2.75, 3.05) is 19.8 Å². The number of carbonyl (C=O) groups is 1. The number of aliphatic hydroxyl groups is 2. The molecule has 0 aromatic heterocycles. The number of epoxide rings is 1. The summed E-state index contributed by atoms with van der Waals surface area (Å²) in [5.74, 6) is -0.0916. The third-order valence-electron chi connectivity index (χ3n) is 3.19. The van der Waals surface area contributed by atoms with E-state index in [1.165, 1.54) is 44.9 Å². The van der Waals surface area contributed by atoms with Crippen LogP contribution in [0.3, 0.4) is 0 Å². The zero-order chi connectivity index (χ0) is 15.8. The van der Waals surface area contributed by atoms with Crippen molar-refractivity contribution in [3.63, 3.8) is 0 Å². The SMILES string of the molecule is C1CO1.CCCCCCCCCCCC(=O)NCC(O)O. The fourth-order valence-corrected chi connectivity index (χ4v) is 1.89. The lowest BCUT2D eigenvalue weighted by molar-refractivity contribution is -0.123. The van der Waals surface area contributed by atoms with Gasteiger partial charge in [-0.05, 0) is 6.42 Å². The molecular formula is C16H33NO4. The van der Waals surface area contributed by atoms with Crippen LogP contribution in [0.4, 0.5) is 0 Å². The fraction of sp³-hybridized carbons (Fsp3) is 0.938. The second-order valence-corrected chi connectivity index (χ2v) is 5.48. The van der Waals surface area contributed by atoms with Crippen molar-refractivity contribution < 1.29 is 19.7 Å². The summed E-state index contributed by atoms with van der Waals surface area (Å²) in [7, 11) is 0. The van der Waals surface area contributed by atoms with Gasteiger partial charge >= 0.3 is 0 Å². The first-order chi connectivity index (χ1) is 10.2. The number of hydrogen-bond donors (Lipinski definition) is 3. The predicted molar refractivity (Wildman–Crippen MR) is 83.9 cm³/mol. The van der Waals surface area contributed by atoms with Crippen LogP contribution in [0.25, 0.3) is 0 Å². The van der Waals surface area contributed by atoms with Crippen LogP contribution in [0.15, 0.2) is 0 Å². The van der Waals surface area contributed by atoms with Gasteiger partial charge < -0.3 is 20.3 Å². The average Bonchev–Trinajstić information content (AvgIpc) is 3.31. The van der Waals surface area contributed by atoms with Crippen molar-refractivity contribution in [2.45, 2.75) is 77.4 Å². The van der Waals surface area contributed by atoms with Gasteiger partial charge in [0.1, 0.15) is 0 Å². The maximum atomic E-state index is 11.2. The highest BCUT2D eigenvalue weighted by molar-refractivity contribution is 5.75. The molecule has 1 amide bonds. The Balaban J connectivity index is 0.00000117. The molecule has 126 valence electrons. The molecule has 0 aromatic rings. The van der Waals surface area contributed by atoms with Crippen LogP contribution in [-0.2, 0) is 9.53 Å². The van der Waals surface area contributed by atoms with E-state index in [1.54, 1.807) is 0 Å². The highest BCUT2D eigenvalue weighted by Crippen LogP contribution is 2.10. The van der Waals surface area contributed by atoms with Crippen LogP contribution < -0.4 is 5.32 Å². The number of hydrogen-bond acceptors (Lipinski definition) is 4. The topological polar surface area (TPSA) is 82.1 Å². The second-order valence-electron chi connectivity index (χ2n) is 5.48. The Kier molecular flexibility index (Phi) is 15.2. The summed E-state index contributed by atoms with van der Waals surface area (Å²) < 4.78 is 4.50. The van der Waals surface area contributed by atoms with Crippen LogP contribution in [0.2, 0.25) is 0 Å². The Hall–Kier alpha value is -0.650. The maximum absolute atomic E-state index is 11.2. The van der Waals surface area contributed by atoms with E-state index in [4.69, 9.17) is 10.2 Å². The van der Waals surface area contributed by atoms with Crippen LogP contribution in [-0.4, -0.2) is 42.2 Å². The van der Waals surface area contributed by atoms with Crippen molar-refractivity contribution in [2.24, 2.45) is 0 Å². The molecule has 21 heavy (non-hydrogen) atoms. The Bertz CT molecular complexity index is 230. The summed E-state index contributed by atoms with van der Waals surface area (Å²) in [6.07, 6.45) is 10.1. The molecule has 1 saturated heterocycles. The summed E-state index contributed by atoms with van der Waals surface area (Å²) in [6.45, 7) is 4.15. The van der Waals surface area contributed by atoms with E-state index in [0.717, 1.165) is 26.1 Å². The fourth-order valence-electron chi connectivity index (χ4n) is 1.89. The monoisotopic (exact) mass is 303 g/mol. The van der Waals surface area contributed by atoms with Gasteiger partial charge in [0.15, 0.2) is 6.29 Å². The molecule has 0 saturated carbocycles. The van der Waals surface area contributed by atoms with Crippen LogP contribution in [0.1, 0.15) is 71.1 Å². The molecule has 0 unspecified atom stereocenters. The van der Waals surface area contributed by atoms with Gasteiger partial charge in [0.05, 0.1) is 19.8 Å². The summed E-state index contributed by atoms with van der Waals surface area (Å²) >= 11 is 0. The second kappa shape index (κ2) is 15.7.